The minimum absolute atomic E-state index is 0.0102. The van der Waals surface area contributed by atoms with Gasteiger partial charge in [0.15, 0.2) is 12.6 Å². The summed E-state index contributed by atoms with van der Waals surface area (Å²) in [5.41, 5.74) is -0.582. The van der Waals surface area contributed by atoms with Crippen LogP contribution in [0.15, 0.2) is 12.1 Å². The number of nitrogens with zero attached hydrogens (tertiary/aromatic N) is 1. The Kier molecular flexibility index (Phi) is 2.93. The summed E-state index contributed by atoms with van der Waals surface area (Å²) < 4.78 is 0. The highest BCUT2D eigenvalue weighted by molar-refractivity contribution is 6.33. The predicted octanol–water partition coefficient (Wildman–Crippen LogP) is 1.87. The number of nitro groups is 1. The third-order valence-electron chi connectivity index (χ3n) is 1.60. The Morgan fingerprint density at radius 1 is 1.21 bits per heavy atom. The van der Waals surface area contributed by atoms with E-state index in [0.717, 1.165) is 12.1 Å². The number of hydrogen-bond donors (Lipinski definition) is 0. The lowest BCUT2D eigenvalue weighted by atomic mass is 10.1. The molecule has 6 heteroatoms. The summed E-state index contributed by atoms with van der Waals surface area (Å²) in [4.78, 5) is 30.5. The maximum absolute atomic E-state index is 10.4. The van der Waals surface area contributed by atoms with Gasteiger partial charge in [-0.05, 0) is 6.07 Å². The molecule has 5 nitrogen and oxygen atoms in total. The lowest BCUT2D eigenvalue weighted by Crippen LogP contribution is -1.96. The molecule has 1 aromatic carbocycles. The Labute approximate surface area is 83.4 Å². The van der Waals surface area contributed by atoms with Gasteiger partial charge >= 0.3 is 0 Å². The minimum atomic E-state index is -0.743. The number of halogens is 1. The first-order chi connectivity index (χ1) is 6.60. The number of aldehydes is 2. The maximum Gasteiger partial charge on any atom is 0.280 e. The van der Waals surface area contributed by atoms with E-state index in [1.54, 1.807) is 0 Å². The summed E-state index contributed by atoms with van der Waals surface area (Å²) in [6.07, 6.45) is 0.711. The molecule has 0 aliphatic carbocycles. The van der Waals surface area contributed by atoms with Crippen LogP contribution in [0.2, 0.25) is 5.02 Å². The van der Waals surface area contributed by atoms with Crippen molar-refractivity contribution in [2.24, 2.45) is 0 Å². The standard InChI is InChI=1S/C8H4ClNO4/c9-7-1-6(4-12)8(10(13)14)2-5(7)3-11/h1-4H. The van der Waals surface area contributed by atoms with E-state index in [9.17, 15) is 19.7 Å². The van der Waals surface area contributed by atoms with Crippen molar-refractivity contribution >= 4 is 29.9 Å². The summed E-state index contributed by atoms with van der Waals surface area (Å²) in [5, 5.41) is 10.5. The van der Waals surface area contributed by atoms with E-state index in [2.05, 4.69) is 0 Å². The predicted molar refractivity (Wildman–Crippen MR) is 48.9 cm³/mol. The molecule has 72 valence electrons. The van der Waals surface area contributed by atoms with Crippen LogP contribution in [0.4, 0.5) is 5.69 Å². The molecule has 1 aromatic rings. The second-order valence-corrected chi connectivity index (χ2v) is 2.83. The highest BCUT2D eigenvalue weighted by Crippen LogP contribution is 2.24. The van der Waals surface area contributed by atoms with Crippen molar-refractivity contribution < 1.29 is 14.5 Å². The zero-order chi connectivity index (χ0) is 10.7. The third kappa shape index (κ3) is 1.77. The molecule has 0 amide bonds. The van der Waals surface area contributed by atoms with E-state index in [4.69, 9.17) is 11.6 Å². The fraction of sp³-hybridized carbons (Fsp3) is 0. The molecule has 0 aliphatic heterocycles. The average molecular weight is 214 g/mol. The zero-order valence-electron chi connectivity index (χ0n) is 6.77. The topological polar surface area (TPSA) is 77.3 Å². The SMILES string of the molecule is O=Cc1cc([N+](=O)[O-])c(C=O)cc1Cl. The van der Waals surface area contributed by atoms with Gasteiger partial charge in [-0.25, -0.2) is 0 Å². The fourth-order valence-corrected chi connectivity index (χ4v) is 1.15. The number of rotatable bonds is 3. The van der Waals surface area contributed by atoms with Crippen LogP contribution in [-0.4, -0.2) is 17.5 Å². The van der Waals surface area contributed by atoms with Gasteiger partial charge in [-0.15, -0.1) is 0 Å². The van der Waals surface area contributed by atoms with E-state index in [-0.39, 0.29) is 16.1 Å². The van der Waals surface area contributed by atoms with Crippen LogP contribution in [0, 0.1) is 10.1 Å². The normalized spacial score (nSPS) is 9.50. The second-order valence-electron chi connectivity index (χ2n) is 2.43. The van der Waals surface area contributed by atoms with E-state index in [1.165, 1.54) is 0 Å². The van der Waals surface area contributed by atoms with Crippen molar-refractivity contribution in [3.05, 3.63) is 38.4 Å². The summed E-state index contributed by atoms with van der Waals surface area (Å²) >= 11 is 5.57. The zero-order valence-corrected chi connectivity index (χ0v) is 7.52. The maximum atomic E-state index is 10.4. The molecular formula is C8H4ClNO4. The molecule has 0 bridgehead atoms. The third-order valence-corrected chi connectivity index (χ3v) is 1.92. The van der Waals surface area contributed by atoms with Gasteiger partial charge in [0, 0.05) is 11.6 Å². The van der Waals surface area contributed by atoms with Crippen molar-refractivity contribution in [2.45, 2.75) is 0 Å². The van der Waals surface area contributed by atoms with Gasteiger partial charge in [-0.1, -0.05) is 11.6 Å². The molecule has 0 aliphatic rings. The van der Waals surface area contributed by atoms with Gasteiger partial charge in [-0.2, -0.15) is 0 Å². The number of nitro benzene ring substituents is 1. The average Bonchev–Trinajstić information content (AvgIpc) is 2.16. The Bertz CT molecular complexity index is 416. The number of hydrogen-bond acceptors (Lipinski definition) is 4. The van der Waals surface area contributed by atoms with Crippen LogP contribution in [0.25, 0.3) is 0 Å². The molecule has 0 heterocycles. The Hall–Kier alpha value is -1.75. The molecular weight excluding hydrogens is 210 g/mol. The van der Waals surface area contributed by atoms with Gasteiger partial charge < -0.3 is 0 Å². The minimum Gasteiger partial charge on any atom is -0.298 e. The second kappa shape index (κ2) is 3.97. The molecule has 0 saturated carbocycles. The van der Waals surface area contributed by atoms with Crippen molar-refractivity contribution in [1.82, 2.24) is 0 Å². The molecule has 0 radical (unpaired) electrons. The van der Waals surface area contributed by atoms with E-state index >= 15 is 0 Å². The van der Waals surface area contributed by atoms with Crippen LogP contribution in [-0.2, 0) is 0 Å². The lowest BCUT2D eigenvalue weighted by Gasteiger charge is -1.98. The van der Waals surface area contributed by atoms with Crippen molar-refractivity contribution in [3.63, 3.8) is 0 Å². The summed E-state index contributed by atoms with van der Waals surface area (Å²) in [6, 6.07) is 2.06. The molecule has 0 N–H and O–H groups in total. The molecule has 14 heavy (non-hydrogen) atoms. The van der Waals surface area contributed by atoms with Gasteiger partial charge in [0.1, 0.15) is 0 Å². The van der Waals surface area contributed by atoms with Gasteiger partial charge in [0.05, 0.1) is 15.5 Å². The van der Waals surface area contributed by atoms with Crippen LogP contribution in [0.1, 0.15) is 20.7 Å². The molecule has 0 aromatic heterocycles. The highest BCUT2D eigenvalue weighted by Gasteiger charge is 2.16. The van der Waals surface area contributed by atoms with E-state index in [0.29, 0.717) is 12.6 Å². The Morgan fingerprint density at radius 2 is 1.79 bits per heavy atom. The van der Waals surface area contributed by atoms with Crippen LogP contribution in [0.5, 0.6) is 0 Å². The first-order valence-corrected chi connectivity index (χ1v) is 3.86. The Morgan fingerprint density at radius 3 is 2.21 bits per heavy atom. The fourth-order valence-electron chi connectivity index (χ4n) is 0.936. The number of carbonyl (C=O) groups is 2. The quantitative estimate of drug-likeness (QED) is 0.436. The molecule has 0 spiro atoms. The molecule has 0 saturated heterocycles. The first kappa shape index (κ1) is 10.3. The largest absolute Gasteiger partial charge is 0.298 e. The van der Waals surface area contributed by atoms with Crippen molar-refractivity contribution in [1.29, 1.82) is 0 Å². The van der Waals surface area contributed by atoms with Crippen molar-refractivity contribution in [3.8, 4) is 0 Å². The summed E-state index contributed by atoms with van der Waals surface area (Å²) in [7, 11) is 0. The van der Waals surface area contributed by atoms with Crippen LogP contribution >= 0.6 is 11.6 Å². The molecule has 0 atom stereocenters. The molecule has 0 unspecified atom stereocenters. The smallest absolute Gasteiger partial charge is 0.280 e. The monoisotopic (exact) mass is 213 g/mol. The van der Waals surface area contributed by atoms with E-state index in [1.807, 2.05) is 0 Å². The van der Waals surface area contributed by atoms with Crippen molar-refractivity contribution in [2.75, 3.05) is 0 Å². The molecule has 0 fully saturated rings. The first-order valence-electron chi connectivity index (χ1n) is 3.48. The highest BCUT2D eigenvalue weighted by atomic mass is 35.5. The Balaban J connectivity index is 3.47. The van der Waals surface area contributed by atoms with Crippen LogP contribution < -0.4 is 0 Å². The molecule has 1 rings (SSSR count). The van der Waals surface area contributed by atoms with E-state index < -0.39 is 10.6 Å². The van der Waals surface area contributed by atoms with Crippen LogP contribution in [0.3, 0.4) is 0 Å². The summed E-state index contributed by atoms with van der Waals surface area (Å²) in [5.74, 6) is 0. The van der Waals surface area contributed by atoms with Gasteiger partial charge in [-0.3, -0.25) is 19.7 Å². The van der Waals surface area contributed by atoms with Gasteiger partial charge in [0.25, 0.3) is 5.69 Å². The number of benzene rings is 1. The number of carbonyl (C=O) groups excluding carboxylic acids is 2. The summed E-state index contributed by atoms with van der Waals surface area (Å²) in [6.45, 7) is 0. The van der Waals surface area contributed by atoms with Gasteiger partial charge in [0.2, 0.25) is 0 Å². The lowest BCUT2D eigenvalue weighted by molar-refractivity contribution is -0.385.